The van der Waals surface area contributed by atoms with Crippen molar-refractivity contribution in [2.45, 2.75) is 6.92 Å². The van der Waals surface area contributed by atoms with Gasteiger partial charge in [0.25, 0.3) is 0 Å². The van der Waals surface area contributed by atoms with Gasteiger partial charge in [-0.15, -0.1) is 0 Å². The Morgan fingerprint density at radius 3 is 1.75 bits per heavy atom. The summed E-state index contributed by atoms with van der Waals surface area (Å²) < 4.78 is 4.82. The lowest BCUT2D eigenvalue weighted by Crippen LogP contribution is -2.07. The average Bonchev–Trinajstić information content (AvgIpc) is 2.61. The summed E-state index contributed by atoms with van der Waals surface area (Å²) in [4.78, 5) is 12.1. The Labute approximate surface area is 164 Å². The SMILES string of the molecule is COC(=O)C(C)=C(c1ccccc1)c1c(Cl)c(Cl)c(Cl)c(Cl)c1Cl. The van der Waals surface area contributed by atoms with Crippen molar-refractivity contribution < 1.29 is 9.53 Å². The van der Waals surface area contributed by atoms with Crippen LogP contribution in [0.3, 0.4) is 0 Å². The van der Waals surface area contributed by atoms with Gasteiger partial charge in [0.05, 0.1) is 32.2 Å². The summed E-state index contributed by atoms with van der Waals surface area (Å²) in [6, 6.07) is 9.11. The average molecular weight is 425 g/mol. The van der Waals surface area contributed by atoms with Crippen molar-refractivity contribution >= 4 is 69.5 Å². The first kappa shape index (κ1) is 19.4. The number of rotatable bonds is 3. The molecule has 24 heavy (non-hydrogen) atoms. The molecule has 0 atom stereocenters. The highest BCUT2D eigenvalue weighted by Crippen LogP contribution is 2.48. The van der Waals surface area contributed by atoms with Gasteiger partial charge in [-0.3, -0.25) is 0 Å². The summed E-state index contributed by atoms with van der Waals surface area (Å²) in [5.74, 6) is -0.525. The first-order chi connectivity index (χ1) is 11.3. The normalized spacial score (nSPS) is 12.0. The molecule has 2 aromatic rings. The minimum absolute atomic E-state index is 0.0558. The lowest BCUT2D eigenvalue weighted by Gasteiger charge is -2.18. The molecule has 0 unspecified atom stereocenters. The number of methoxy groups -OCH3 is 1. The van der Waals surface area contributed by atoms with E-state index in [1.165, 1.54) is 7.11 Å². The topological polar surface area (TPSA) is 26.3 Å². The Balaban J connectivity index is 2.93. The molecule has 0 amide bonds. The number of carbonyl (C=O) groups excluding carboxylic acids is 1. The molecule has 0 heterocycles. The molecule has 0 aromatic heterocycles. The van der Waals surface area contributed by atoms with Crippen LogP contribution in [0.4, 0.5) is 0 Å². The van der Waals surface area contributed by atoms with Crippen LogP contribution in [0.1, 0.15) is 18.1 Å². The summed E-state index contributed by atoms with van der Waals surface area (Å²) in [5.41, 5.74) is 1.81. The number of benzene rings is 2. The molecule has 7 heteroatoms. The van der Waals surface area contributed by atoms with E-state index in [1.54, 1.807) is 6.92 Å². The zero-order valence-electron chi connectivity index (χ0n) is 12.6. The van der Waals surface area contributed by atoms with Crippen LogP contribution in [0, 0.1) is 0 Å². The van der Waals surface area contributed by atoms with Gasteiger partial charge in [-0.25, -0.2) is 4.79 Å². The van der Waals surface area contributed by atoms with Gasteiger partial charge in [0.1, 0.15) is 0 Å². The van der Waals surface area contributed by atoms with Crippen molar-refractivity contribution in [2.75, 3.05) is 7.11 Å². The van der Waals surface area contributed by atoms with Crippen molar-refractivity contribution in [1.29, 1.82) is 0 Å². The number of esters is 1. The number of ether oxygens (including phenoxy) is 1. The molecular formula is C17H11Cl5O2. The van der Waals surface area contributed by atoms with Crippen LogP contribution in [-0.4, -0.2) is 13.1 Å². The van der Waals surface area contributed by atoms with Crippen LogP contribution in [0.25, 0.3) is 5.57 Å². The standard InChI is InChI=1S/C17H11Cl5O2/c1-8(17(23)24-2)10(9-6-4-3-5-7-9)11-12(18)14(20)16(22)15(21)13(11)19/h3-7H,1-2H3. The van der Waals surface area contributed by atoms with Gasteiger partial charge >= 0.3 is 5.97 Å². The molecule has 0 saturated heterocycles. The third-order valence-corrected chi connectivity index (χ3v) is 5.67. The Kier molecular flexibility index (Phi) is 6.46. The van der Waals surface area contributed by atoms with Gasteiger partial charge in [-0.1, -0.05) is 88.3 Å². The highest BCUT2D eigenvalue weighted by Gasteiger charge is 2.25. The van der Waals surface area contributed by atoms with Crippen molar-refractivity contribution in [3.05, 3.63) is 72.1 Å². The van der Waals surface area contributed by atoms with Gasteiger partial charge < -0.3 is 4.74 Å². The van der Waals surface area contributed by atoms with E-state index in [2.05, 4.69) is 0 Å². The summed E-state index contributed by atoms with van der Waals surface area (Å²) in [7, 11) is 1.29. The van der Waals surface area contributed by atoms with E-state index < -0.39 is 5.97 Å². The van der Waals surface area contributed by atoms with Crippen LogP contribution < -0.4 is 0 Å². The van der Waals surface area contributed by atoms with Crippen LogP contribution in [0.5, 0.6) is 0 Å². The fourth-order valence-corrected chi connectivity index (χ4v) is 3.56. The highest BCUT2D eigenvalue weighted by atomic mass is 35.5. The number of halogens is 5. The van der Waals surface area contributed by atoms with E-state index in [0.717, 1.165) is 0 Å². The van der Waals surface area contributed by atoms with Crippen molar-refractivity contribution in [2.24, 2.45) is 0 Å². The van der Waals surface area contributed by atoms with E-state index in [0.29, 0.717) is 22.3 Å². The molecule has 0 spiro atoms. The molecule has 0 fully saturated rings. The van der Waals surface area contributed by atoms with Crippen molar-refractivity contribution in [3.8, 4) is 0 Å². The predicted octanol–water partition coefficient (Wildman–Crippen LogP) is 6.95. The van der Waals surface area contributed by atoms with E-state index in [1.807, 2.05) is 30.3 Å². The lowest BCUT2D eigenvalue weighted by atomic mass is 9.93. The molecule has 0 bridgehead atoms. The molecule has 0 N–H and O–H groups in total. The molecule has 0 aliphatic carbocycles. The summed E-state index contributed by atoms with van der Waals surface area (Å²) in [6.45, 7) is 1.61. The van der Waals surface area contributed by atoms with E-state index >= 15 is 0 Å². The van der Waals surface area contributed by atoms with Crippen LogP contribution in [0.2, 0.25) is 25.1 Å². The van der Waals surface area contributed by atoms with Crippen LogP contribution >= 0.6 is 58.0 Å². The summed E-state index contributed by atoms with van der Waals surface area (Å²) in [6.07, 6.45) is 0. The molecule has 0 radical (unpaired) electrons. The minimum atomic E-state index is -0.525. The first-order valence-corrected chi connectivity index (χ1v) is 8.56. The zero-order valence-corrected chi connectivity index (χ0v) is 16.4. The van der Waals surface area contributed by atoms with Gasteiger partial charge in [0, 0.05) is 16.7 Å². The van der Waals surface area contributed by atoms with E-state index in [9.17, 15) is 4.79 Å². The smallest absolute Gasteiger partial charge is 0.334 e. The lowest BCUT2D eigenvalue weighted by molar-refractivity contribution is -0.135. The third-order valence-electron chi connectivity index (χ3n) is 3.39. The second kappa shape index (κ2) is 7.99. The molecule has 2 rings (SSSR count). The summed E-state index contributed by atoms with van der Waals surface area (Å²) in [5, 5.41) is 0.402. The maximum atomic E-state index is 12.1. The van der Waals surface area contributed by atoms with Crippen molar-refractivity contribution in [3.63, 3.8) is 0 Å². The third kappa shape index (κ3) is 3.54. The zero-order chi connectivity index (χ0) is 18.0. The molecular weight excluding hydrogens is 413 g/mol. The molecule has 0 aliphatic heterocycles. The van der Waals surface area contributed by atoms with Gasteiger partial charge in [-0.2, -0.15) is 0 Å². The van der Waals surface area contributed by atoms with E-state index in [4.69, 9.17) is 62.7 Å². The Hall–Kier alpha value is -0.900. The van der Waals surface area contributed by atoms with Gasteiger partial charge in [0.2, 0.25) is 0 Å². The Morgan fingerprint density at radius 2 is 1.29 bits per heavy atom. The van der Waals surface area contributed by atoms with Crippen molar-refractivity contribution in [1.82, 2.24) is 0 Å². The first-order valence-electron chi connectivity index (χ1n) is 6.67. The quantitative estimate of drug-likeness (QED) is 0.231. The fraction of sp³-hybridized carbons (Fsp3) is 0.118. The van der Waals surface area contributed by atoms with Crippen LogP contribution in [0.15, 0.2) is 35.9 Å². The largest absolute Gasteiger partial charge is 0.466 e. The van der Waals surface area contributed by atoms with Gasteiger partial charge in [0.15, 0.2) is 0 Å². The molecule has 0 aliphatic rings. The number of carbonyl (C=O) groups is 1. The van der Waals surface area contributed by atoms with E-state index in [-0.39, 0.29) is 25.1 Å². The monoisotopic (exact) mass is 422 g/mol. The molecule has 2 nitrogen and oxygen atoms in total. The second-order valence-corrected chi connectivity index (χ2v) is 6.69. The highest BCUT2D eigenvalue weighted by molar-refractivity contribution is 6.56. The Bertz CT molecular complexity index is 800. The van der Waals surface area contributed by atoms with Gasteiger partial charge in [-0.05, 0) is 12.5 Å². The second-order valence-electron chi connectivity index (χ2n) is 4.80. The fourth-order valence-electron chi connectivity index (χ4n) is 2.23. The molecule has 2 aromatic carbocycles. The number of hydrogen-bond acceptors (Lipinski definition) is 2. The minimum Gasteiger partial charge on any atom is -0.466 e. The predicted molar refractivity (Wildman–Crippen MR) is 102 cm³/mol. The number of hydrogen-bond donors (Lipinski definition) is 0. The Morgan fingerprint density at radius 1 is 0.833 bits per heavy atom. The van der Waals surface area contributed by atoms with Crippen LogP contribution in [-0.2, 0) is 9.53 Å². The molecule has 126 valence electrons. The maximum Gasteiger partial charge on any atom is 0.334 e. The summed E-state index contributed by atoms with van der Waals surface area (Å²) >= 11 is 31.1. The maximum absolute atomic E-state index is 12.1. The molecule has 0 saturated carbocycles.